The lowest BCUT2D eigenvalue weighted by atomic mass is 9.94. The lowest BCUT2D eigenvalue weighted by Gasteiger charge is -2.11. The van der Waals surface area contributed by atoms with Crippen LogP contribution in [0, 0.1) is 6.92 Å². The van der Waals surface area contributed by atoms with Gasteiger partial charge >= 0.3 is 0 Å². The lowest BCUT2D eigenvalue weighted by Crippen LogP contribution is -1.86. The molecule has 0 heterocycles. The SMILES string of the molecule is COc1ccc2c(ccc3c4ccccc4c(C)cc23)c1. The molecule has 0 amide bonds. The van der Waals surface area contributed by atoms with Gasteiger partial charge in [-0.1, -0.05) is 48.5 Å². The Morgan fingerprint density at radius 3 is 2.19 bits per heavy atom. The number of rotatable bonds is 1. The van der Waals surface area contributed by atoms with Crippen LogP contribution in [0.5, 0.6) is 5.75 Å². The monoisotopic (exact) mass is 272 g/mol. The summed E-state index contributed by atoms with van der Waals surface area (Å²) in [6.07, 6.45) is 0. The van der Waals surface area contributed by atoms with Crippen LogP contribution < -0.4 is 4.74 Å². The summed E-state index contributed by atoms with van der Waals surface area (Å²) in [6, 6.07) is 21.6. The molecule has 0 spiro atoms. The zero-order valence-corrected chi connectivity index (χ0v) is 12.2. The number of hydrogen-bond donors (Lipinski definition) is 0. The minimum Gasteiger partial charge on any atom is -0.497 e. The summed E-state index contributed by atoms with van der Waals surface area (Å²) in [5.41, 5.74) is 1.32. The van der Waals surface area contributed by atoms with Gasteiger partial charge in [-0.3, -0.25) is 0 Å². The number of aryl methyl sites for hydroxylation is 1. The molecule has 1 nitrogen and oxygen atoms in total. The first-order valence-corrected chi connectivity index (χ1v) is 7.17. The van der Waals surface area contributed by atoms with Gasteiger partial charge in [0.2, 0.25) is 0 Å². The molecular weight excluding hydrogens is 256 g/mol. The third-order valence-corrected chi connectivity index (χ3v) is 4.27. The molecule has 0 radical (unpaired) electrons. The van der Waals surface area contributed by atoms with Crippen molar-refractivity contribution < 1.29 is 4.74 Å². The maximum Gasteiger partial charge on any atom is 0.119 e. The molecule has 4 aromatic rings. The molecule has 4 aromatic carbocycles. The zero-order valence-electron chi connectivity index (χ0n) is 12.2. The highest BCUT2D eigenvalue weighted by Gasteiger charge is 2.07. The third kappa shape index (κ3) is 1.78. The second kappa shape index (κ2) is 4.49. The van der Waals surface area contributed by atoms with Crippen LogP contribution in [0.4, 0.5) is 0 Å². The minimum atomic E-state index is 0.902. The molecule has 0 aliphatic heterocycles. The van der Waals surface area contributed by atoms with Crippen molar-refractivity contribution in [2.24, 2.45) is 0 Å². The van der Waals surface area contributed by atoms with E-state index >= 15 is 0 Å². The number of fused-ring (bicyclic) bond motifs is 5. The first-order chi connectivity index (χ1) is 10.3. The van der Waals surface area contributed by atoms with Gasteiger partial charge < -0.3 is 4.74 Å². The zero-order chi connectivity index (χ0) is 14.4. The molecule has 0 bridgehead atoms. The van der Waals surface area contributed by atoms with E-state index in [2.05, 4.69) is 61.5 Å². The molecular formula is C20H16O. The average molecular weight is 272 g/mol. The van der Waals surface area contributed by atoms with Gasteiger partial charge in [0.1, 0.15) is 5.75 Å². The fraction of sp³-hybridized carbons (Fsp3) is 0.100. The van der Waals surface area contributed by atoms with Crippen molar-refractivity contribution in [1.29, 1.82) is 0 Å². The van der Waals surface area contributed by atoms with Gasteiger partial charge in [-0.05, 0) is 56.9 Å². The van der Waals surface area contributed by atoms with Gasteiger partial charge in [0.15, 0.2) is 0 Å². The van der Waals surface area contributed by atoms with E-state index in [0.717, 1.165) is 5.75 Å². The fourth-order valence-electron chi connectivity index (χ4n) is 3.21. The summed E-state index contributed by atoms with van der Waals surface area (Å²) in [7, 11) is 1.71. The molecule has 0 saturated carbocycles. The van der Waals surface area contributed by atoms with E-state index in [1.807, 2.05) is 6.07 Å². The van der Waals surface area contributed by atoms with Gasteiger partial charge in [0.05, 0.1) is 7.11 Å². The van der Waals surface area contributed by atoms with Crippen LogP contribution in [-0.2, 0) is 0 Å². The van der Waals surface area contributed by atoms with Gasteiger partial charge in [-0.25, -0.2) is 0 Å². The molecule has 0 N–H and O–H groups in total. The Bertz CT molecular complexity index is 983. The Hall–Kier alpha value is -2.54. The van der Waals surface area contributed by atoms with Crippen LogP contribution in [-0.4, -0.2) is 7.11 Å². The van der Waals surface area contributed by atoms with Crippen molar-refractivity contribution in [3.05, 3.63) is 66.2 Å². The Morgan fingerprint density at radius 2 is 1.38 bits per heavy atom. The molecule has 1 heteroatoms. The highest BCUT2D eigenvalue weighted by Crippen LogP contribution is 2.34. The Morgan fingerprint density at radius 1 is 0.667 bits per heavy atom. The van der Waals surface area contributed by atoms with Crippen molar-refractivity contribution in [2.45, 2.75) is 6.92 Å². The van der Waals surface area contributed by atoms with Crippen molar-refractivity contribution in [2.75, 3.05) is 7.11 Å². The van der Waals surface area contributed by atoms with Gasteiger partial charge in [0.25, 0.3) is 0 Å². The predicted molar refractivity (Wildman–Crippen MR) is 90.2 cm³/mol. The van der Waals surface area contributed by atoms with E-state index in [0.29, 0.717) is 0 Å². The highest BCUT2D eigenvalue weighted by atomic mass is 16.5. The second-order valence-electron chi connectivity index (χ2n) is 5.49. The van der Waals surface area contributed by atoms with Crippen LogP contribution in [0.25, 0.3) is 32.3 Å². The van der Waals surface area contributed by atoms with Crippen molar-refractivity contribution in [3.63, 3.8) is 0 Å². The Balaban J connectivity index is 2.21. The summed E-state index contributed by atoms with van der Waals surface area (Å²) >= 11 is 0. The van der Waals surface area contributed by atoms with E-state index < -0.39 is 0 Å². The summed E-state index contributed by atoms with van der Waals surface area (Å²) < 4.78 is 5.33. The van der Waals surface area contributed by atoms with Crippen LogP contribution in [0.15, 0.2) is 60.7 Å². The van der Waals surface area contributed by atoms with Crippen LogP contribution in [0.2, 0.25) is 0 Å². The van der Waals surface area contributed by atoms with E-state index in [9.17, 15) is 0 Å². The molecule has 0 atom stereocenters. The molecule has 0 aliphatic carbocycles. The lowest BCUT2D eigenvalue weighted by molar-refractivity contribution is 0.415. The van der Waals surface area contributed by atoms with Crippen LogP contribution >= 0.6 is 0 Å². The predicted octanol–water partition coefficient (Wildman–Crippen LogP) is 5.46. The molecule has 102 valence electrons. The standard InChI is InChI=1S/C20H16O/c1-13-11-20-17-10-8-15(21-2)12-14(17)7-9-19(20)18-6-4-3-5-16(13)18/h3-12H,1-2H3. The first-order valence-electron chi connectivity index (χ1n) is 7.17. The summed E-state index contributed by atoms with van der Waals surface area (Å²) in [6.45, 7) is 2.18. The molecule has 0 unspecified atom stereocenters. The minimum absolute atomic E-state index is 0.902. The Labute approximate surface area is 123 Å². The van der Waals surface area contributed by atoms with Gasteiger partial charge in [-0.15, -0.1) is 0 Å². The Kier molecular flexibility index (Phi) is 2.61. The van der Waals surface area contributed by atoms with Crippen molar-refractivity contribution >= 4 is 32.3 Å². The fourth-order valence-corrected chi connectivity index (χ4v) is 3.21. The molecule has 0 aromatic heterocycles. The van der Waals surface area contributed by atoms with Gasteiger partial charge in [0, 0.05) is 0 Å². The summed E-state index contributed by atoms with van der Waals surface area (Å²) in [4.78, 5) is 0. The maximum absolute atomic E-state index is 5.33. The van der Waals surface area contributed by atoms with Crippen molar-refractivity contribution in [1.82, 2.24) is 0 Å². The third-order valence-electron chi connectivity index (χ3n) is 4.27. The van der Waals surface area contributed by atoms with E-state index in [-0.39, 0.29) is 0 Å². The normalized spacial score (nSPS) is 11.3. The number of ether oxygens (including phenoxy) is 1. The van der Waals surface area contributed by atoms with E-state index in [4.69, 9.17) is 4.74 Å². The largest absolute Gasteiger partial charge is 0.497 e. The number of benzene rings is 4. The molecule has 4 rings (SSSR count). The van der Waals surface area contributed by atoms with Crippen molar-refractivity contribution in [3.8, 4) is 5.75 Å². The topological polar surface area (TPSA) is 9.23 Å². The molecule has 0 fully saturated rings. The van der Waals surface area contributed by atoms with E-state index in [1.54, 1.807) is 7.11 Å². The molecule has 0 saturated heterocycles. The summed E-state index contributed by atoms with van der Waals surface area (Å²) in [5, 5.41) is 7.78. The van der Waals surface area contributed by atoms with Crippen LogP contribution in [0.1, 0.15) is 5.56 Å². The molecule has 21 heavy (non-hydrogen) atoms. The number of methoxy groups -OCH3 is 1. The van der Waals surface area contributed by atoms with Crippen LogP contribution in [0.3, 0.4) is 0 Å². The highest BCUT2D eigenvalue weighted by molar-refractivity contribution is 6.18. The van der Waals surface area contributed by atoms with Gasteiger partial charge in [-0.2, -0.15) is 0 Å². The first kappa shape index (κ1) is 12.2. The average Bonchev–Trinajstić information content (AvgIpc) is 2.54. The number of hydrogen-bond acceptors (Lipinski definition) is 1. The molecule has 0 aliphatic rings. The van der Waals surface area contributed by atoms with E-state index in [1.165, 1.54) is 37.9 Å². The quantitative estimate of drug-likeness (QED) is 0.418. The maximum atomic E-state index is 5.33. The summed E-state index contributed by atoms with van der Waals surface area (Å²) in [5.74, 6) is 0.902. The smallest absolute Gasteiger partial charge is 0.119 e. The second-order valence-corrected chi connectivity index (χ2v) is 5.49.